The fourth-order valence-electron chi connectivity index (χ4n) is 4.22. The minimum absolute atomic E-state index is 0. The number of carbonyl (C=O) groups is 1. The number of halogens is 1. The number of nitrogens with zero attached hydrogens (tertiary/aromatic N) is 2. The molecule has 1 aliphatic carbocycles. The Kier molecular flexibility index (Phi) is 8.86. The molecule has 1 aromatic carbocycles. The fourth-order valence-corrected chi connectivity index (χ4v) is 4.22. The summed E-state index contributed by atoms with van der Waals surface area (Å²) in [5.74, 6) is 1.04. The zero-order chi connectivity index (χ0) is 18.2. The van der Waals surface area contributed by atoms with Gasteiger partial charge in [0.15, 0.2) is 5.96 Å². The average Bonchev–Trinajstić information content (AvgIpc) is 3.30. The number of hydrogen-bond donors (Lipinski definition) is 2. The molecule has 0 radical (unpaired) electrons. The number of aliphatic imine (C=N–C) groups is 1. The molecule has 1 heterocycles. The molecule has 2 N–H and O–H groups in total. The first-order valence-electron chi connectivity index (χ1n) is 10.0. The number of hydrogen-bond acceptors (Lipinski definition) is 2. The van der Waals surface area contributed by atoms with Gasteiger partial charge < -0.3 is 15.5 Å². The number of amides is 1. The molecule has 1 aliphatic heterocycles. The van der Waals surface area contributed by atoms with Gasteiger partial charge in [0.1, 0.15) is 0 Å². The lowest BCUT2D eigenvalue weighted by Crippen LogP contribution is -2.41. The number of guanidine groups is 1. The first kappa shape index (κ1) is 22.0. The molecule has 3 rings (SSSR count). The van der Waals surface area contributed by atoms with Crippen LogP contribution in [0.3, 0.4) is 0 Å². The van der Waals surface area contributed by atoms with Crippen LogP contribution in [0.5, 0.6) is 0 Å². The number of benzene rings is 1. The predicted molar refractivity (Wildman–Crippen MR) is 121 cm³/mol. The summed E-state index contributed by atoms with van der Waals surface area (Å²) in [6, 6.07) is 10.0. The highest BCUT2D eigenvalue weighted by atomic mass is 127. The standard InChI is InChI=1S/C21H32N4O.HI/c1-2-22-20(25-15-13-21(17-25)11-6-7-12-21)23-14-10-19(26)24-16-18-8-4-3-5-9-18;/h3-5,8-9H,2,6-7,10-17H2,1H3,(H,22,23)(H,24,26);1H. The first-order chi connectivity index (χ1) is 12.7. The van der Waals surface area contributed by atoms with Crippen LogP contribution < -0.4 is 10.6 Å². The summed E-state index contributed by atoms with van der Waals surface area (Å²) < 4.78 is 0. The summed E-state index contributed by atoms with van der Waals surface area (Å²) in [5.41, 5.74) is 1.65. The second-order valence-corrected chi connectivity index (χ2v) is 7.63. The topological polar surface area (TPSA) is 56.7 Å². The third kappa shape index (κ3) is 6.36. The van der Waals surface area contributed by atoms with Crippen LogP contribution in [0.25, 0.3) is 0 Å². The Balaban J connectivity index is 0.00000261. The minimum atomic E-state index is 0. The van der Waals surface area contributed by atoms with E-state index in [2.05, 4.69) is 22.5 Å². The van der Waals surface area contributed by atoms with Gasteiger partial charge in [-0.2, -0.15) is 0 Å². The molecule has 0 aromatic heterocycles. The maximum atomic E-state index is 12.1. The largest absolute Gasteiger partial charge is 0.357 e. The molecule has 0 unspecified atom stereocenters. The number of carbonyl (C=O) groups excluding carboxylic acids is 1. The predicted octanol–water partition coefficient (Wildman–Crippen LogP) is 3.54. The van der Waals surface area contributed by atoms with Crippen LogP contribution in [0.15, 0.2) is 35.3 Å². The van der Waals surface area contributed by atoms with Crippen molar-refractivity contribution >= 4 is 35.8 Å². The Labute approximate surface area is 180 Å². The van der Waals surface area contributed by atoms with Crippen molar-refractivity contribution in [3.63, 3.8) is 0 Å². The molecule has 27 heavy (non-hydrogen) atoms. The molecule has 0 bridgehead atoms. The van der Waals surface area contributed by atoms with Crippen molar-refractivity contribution in [2.75, 3.05) is 26.2 Å². The van der Waals surface area contributed by atoms with Gasteiger partial charge in [-0.15, -0.1) is 24.0 Å². The first-order valence-corrected chi connectivity index (χ1v) is 10.0. The van der Waals surface area contributed by atoms with Gasteiger partial charge in [0, 0.05) is 32.6 Å². The van der Waals surface area contributed by atoms with Crippen LogP contribution in [0.2, 0.25) is 0 Å². The monoisotopic (exact) mass is 484 g/mol. The molecule has 1 aromatic rings. The van der Waals surface area contributed by atoms with E-state index >= 15 is 0 Å². The van der Waals surface area contributed by atoms with E-state index in [-0.39, 0.29) is 29.9 Å². The SMILES string of the molecule is CCNC(=NCCC(=O)NCc1ccccc1)N1CCC2(CCCC2)C1.I. The number of rotatable bonds is 6. The second kappa shape index (κ2) is 10.9. The van der Waals surface area contributed by atoms with Gasteiger partial charge in [0.2, 0.25) is 5.91 Å². The van der Waals surface area contributed by atoms with Crippen LogP contribution in [0, 0.1) is 5.41 Å². The summed E-state index contributed by atoms with van der Waals surface area (Å²) in [4.78, 5) is 19.2. The summed E-state index contributed by atoms with van der Waals surface area (Å²) in [6.45, 7) is 6.29. The van der Waals surface area contributed by atoms with E-state index < -0.39 is 0 Å². The minimum Gasteiger partial charge on any atom is -0.357 e. The van der Waals surface area contributed by atoms with Crippen molar-refractivity contribution in [3.8, 4) is 0 Å². The van der Waals surface area contributed by atoms with E-state index in [0.717, 1.165) is 31.2 Å². The van der Waals surface area contributed by atoms with Crippen LogP contribution in [-0.2, 0) is 11.3 Å². The lowest BCUT2D eigenvalue weighted by Gasteiger charge is -2.25. The fraction of sp³-hybridized carbons (Fsp3) is 0.619. The Morgan fingerprint density at radius 3 is 2.59 bits per heavy atom. The third-order valence-electron chi connectivity index (χ3n) is 5.67. The third-order valence-corrected chi connectivity index (χ3v) is 5.67. The Morgan fingerprint density at radius 2 is 1.89 bits per heavy atom. The van der Waals surface area contributed by atoms with E-state index in [1.54, 1.807) is 0 Å². The number of likely N-dealkylation sites (tertiary alicyclic amines) is 1. The van der Waals surface area contributed by atoms with Crippen LogP contribution in [0.1, 0.15) is 51.0 Å². The zero-order valence-electron chi connectivity index (χ0n) is 16.4. The summed E-state index contributed by atoms with van der Waals surface area (Å²) in [5, 5.41) is 6.38. The molecule has 2 aliphatic rings. The normalized spacial score (nSPS) is 18.4. The van der Waals surface area contributed by atoms with Gasteiger partial charge in [-0.1, -0.05) is 43.2 Å². The van der Waals surface area contributed by atoms with Gasteiger partial charge in [-0.3, -0.25) is 9.79 Å². The van der Waals surface area contributed by atoms with E-state index in [0.29, 0.717) is 24.9 Å². The lowest BCUT2D eigenvalue weighted by molar-refractivity contribution is -0.121. The van der Waals surface area contributed by atoms with Crippen molar-refractivity contribution in [2.45, 2.75) is 52.0 Å². The summed E-state index contributed by atoms with van der Waals surface area (Å²) in [6.07, 6.45) is 7.21. The van der Waals surface area contributed by atoms with Gasteiger partial charge in [0.25, 0.3) is 0 Å². The van der Waals surface area contributed by atoms with Gasteiger partial charge in [0.05, 0.1) is 6.54 Å². The maximum Gasteiger partial charge on any atom is 0.222 e. The molecule has 1 spiro atoms. The highest BCUT2D eigenvalue weighted by Crippen LogP contribution is 2.45. The van der Waals surface area contributed by atoms with E-state index in [1.807, 2.05) is 30.3 Å². The highest BCUT2D eigenvalue weighted by molar-refractivity contribution is 14.0. The Morgan fingerprint density at radius 1 is 1.15 bits per heavy atom. The van der Waals surface area contributed by atoms with Crippen molar-refractivity contribution in [3.05, 3.63) is 35.9 Å². The van der Waals surface area contributed by atoms with Crippen molar-refractivity contribution in [1.82, 2.24) is 15.5 Å². The molecule has 1 saturated carbocycles. The second-order valence-electron chi connectivity index (χ2n) is 7.63. The molecular weight excluding hydrogens is 451 g/mol. The summed E-state index contributed by atoms with van der Waals surface area (Å²) >= 11 is 0. The molecule has 1 saturated heterocycles. The quantitative estimate of drug-likeness (QED) is 0.369. The van der Waals surface area contributed by atoms with Crippen LogP contribution >= 0.6 is 24.0 Å². The highest BCUT2D eigenvalue weighted by Gasteiger charge is 2.41. The molecular formula is C21H33IN4O. The molecule has 0 atom stereocenters. The van der Waals surface area contributed by atoms with Crippen molar-refractivity contribution in [1.29, 1.82) is 0 Å². The Bertz CT molecular complexity index is 614. The van der Waals surface area contributed by atoms with Crippen molar-refractivity contribution < 1.29 is 4.79 Å². The smallest absolute Gasteiger partial charge is 0.222 e. The maximum absolute atomic E-state index is 12.1. The molecule has 5 nitrogen and oxygen atoms in total. The molecule has 150 valence electrons. The lowest BCUT2D eigenvalue weighted by atomic mass is 9.86. The molecule has 2 fully saturated rings. The van der Waals surface area contributed by atoms with Crippen LogP contribution in [-0.4, -0.2) is 42.9 Å². The van der Waals surface area contributed by atoms with E-state index in [9.17, 15) is 4.79 Å². The molecule has 1 amide bonds. The van der Waals surface area contributed by atoms with Crippen LogP contribution in [0.4, 0.5) is 0 Å². The number of nitrogens with one attached hydrogen (secondary N) is 2. The average molecular weight is 484 g/mol. The molecule has 6 heteroatoms. The summed E-state index contributed by atoms with van der Waals surface area (Å²) in [7, 11) is 0. The Hall–Kier alpha value is -1.31. The van der Waals surface area contributed by atoms with Gasteiger partial charge in [-0.05, 0) is 37.2 Å². The van der Waals surface area contributed by atoms with Crippen molar-refractivity contribution in [2.24, 2.45) is 10.4 Å². The van der Waals surface area contributed by atoms with E-state index in [4.69, 9.17) is 4.99 Å². The zero-order valence-corrected chi connectivity index (χ0v) is 18.7. The van der Waals surface area contributed by atoms with Gasteiger partial charge >= 0.3 is 0 Å². The van der Waals surface area contributed by atoms with Gasteiger partial charge in [-0.25, -0.2) is 0 Å². The van der Waals surface area contributed by atoms with E-state index in [1.165, 1.54) is 32.1 Å².